The van der Waals surface area contributed by atoms with Gasteiger partial charge in [0.2, 0.25) is 0 Å². The molecule has 1 aliphatic carbocycles. The van der Waals surface area contributed by atoms with Gasteiger partial charge in [-0.1, -0.05) is 12.8 Å². The van der Waals surface area contributed by atoms with Crippen molar-refractivity contribution in [3.63, 3.8) is 0 Å². The number of carbonyl (C=O) groups is 1. The number of aromatic amines is 1. The molecule has 88 valence electrons. The Balaban J connectivity index is 2.08. The van der Waals surface area contributed by atoms with Crippen LogP contribution in [0.1, 0.15) is 43.7 Å². The number of nitrogens with zero attached hydrogens (tertiary/aromatic N) is 1. The van der Waals surface area contributed by atoms with Crippen LogP contribution in [0.2, 0.25) is 0 Å². The summed E-state index contributed by atoms with van der Waals surface area (Å²) in [6, 6.07) is 1.61. The number of carboxylic acid groups (broad SMARTS) is 1. The molecule has 1 aromatic rings. The van der Waals surface area contributed by atoms with Crippen molar-refractivity contribution in [2.75, 3.05) is 0 Å². The van der Waals surface area contributed by atoms with Crippen molar-refractivity contribution in [1.29, 1.82) is 0 Å². The lowest BCUT2D eigenvalue weighted by molar-refractivity contribution is -0.137. The predicted molar refractivity (Wildman–Crippen MR) is 58.5 cm³/mol. The van der Waals surface area contributed by atoms with E-state index < -0.39 is 5.97 Å². The van der Waals surface area contributed by atoms with Crippen LogP contribution < -0.4 is 5.56 Å². The summed E-state index contributed by atoms with van der Waals surface area (Å²) in [6.07, 6.45) is 4.66. The molecule has 1 fully saturated rings. The van der Waals surface area contributed by atoms with Gasteiger partial charge in [-0.15, -0.1) is 0 Å². The molecule has 1 heterocycles. The second-order valence-electron chi connectivity index (χ2n) is 4.33. The summed E-state index contributed by atoms with van der Waals surface area (Å²) in [5.74, 6) is -0.428. The van der Waals surface area contributed by atoms with Gasteiger partial charge in [0.15, 0.2) is 0 Å². The van der Waals surface area contributed by atoms with E-state index in [-0.39, 0.29) is 18.5 Å². The van der Waals surface area contributed by atoms with Crippen molar-refractivity contribution >= 4 is 5.97 Å². The predicted octanol–water partition coefficient (Wildman–Crippen LogP) is 1.31. The number of carboxylic acids is 1. The number of nitrogens with one attached hydrogen (secondary N) is 1. The van der Waals surface area contributed by atoms with Crippen LogP contribution in [-0.2, 0) is 11.3 Å². The SMILES string of the molecule is O=C(O)CCn1[nH]c(C2CCCC2)cc1=O. The van der Waals surface area contributed by atoms with E-state index in [1.54, 1.807) is 6.07 Å². The number of H-pyrrole nitrogens is 1. The molecule has 0 spiro atoms. The summed E-state index contributed by atoms with van der Waals surface area (Å²) in [4.78, 5) is 22.0. The Hall–Kier alpha value is -1.52. The van der Waals surface area contributed by atoms with E-state index in [9.17, 15) is 9.59 Å². The van der Waals surface area contributed by atoms with Crippen molar-refractivity contribution in [3.05, 3.63) is 22.1 Å². The second-order valence-corrected chi connectivity index (χ2v) is 4.33. The summed E-state index contributed by atoms with van der Waals surface area (Å²) in [5.41, 5.74) is 0.844. The maximum atomic E-state index is 11.5. The minimum absolute atomic E-state index is 0.0233. The highest BCUT2D eigenvalue weighted by molar-refractivity contribution is 5.66. The van der Waals surface area contributed by atoms with Crippen LogP contribution in [0.15, 0.2) is 10.9 Å². The van der Waals surface area contributed by atoms with Gasteiger partial charge in [-0.05, 0) is 12.8 Å². The van der Waals surface area contributed by atoms with Gasteiger partial charge in [0.1, 0.15) is 0 Å². The quantitative estimate of drug-likeness (QED) is 0.809. The first-order valence-electron chi connectivity index (χ1n) is 5.68. The van der Waals surface area contributed by atoms with E-state index in [4.69, 9.17) is 5.11 Å². The fraction of sp³-hybridized carbons (Fsp3) is 0.636. The topological polar surface area (TPSA) is 75.1 Å². The average Bonchev–Trinajstić information content (AvgIpc) is 2.83. The van der Waals surface area contributed by atoms with Gasteiger partial charge >= 0.3 is 5.97 Å². The Kier molecular flexibility index (Phi) is 3.12. The third-order valence-electron chi connectivity index (χ3n) is 3.15. The van der Waals surface area contributed by atoms with Crippen molar-refractivity contribution in [1.82, 2.24) is 9.78 Å². The molecule has 1 aromatic heterocycles. The van der Waals surface area contributed by atoms with Crippen molar-refractivity contribution in [3.8, 4) is 0 Å². The van der Waals surface area contributed by atoms with Crippen molar-refractivity contribution < 1.29 is 9.90 Å². The normalized spacial score (nSPS) is 16.8. The second kappa shape index (κ2) is 4.55. The van der Waals surface area contributed by atoms with Gasteiger partial charge in [0.25, 0.3) is 5.56 Å². The number of hydrogen-bond acceptors (Lipinski definition) is 2. The summed E-state index contributed by atoms with van der Waals surface area (Å²) in [6.45, 7) is 0.223. The first kappa shape index (κ1) is 11.0. The van der Waals surface area contributed by atoms with E-state index in [2.05, 4.69) is 5.10 Å². The van der Waals surface area contributed by atoms with Crippen LogP contribution in [0.4, 0.5) is 0 Å². The Morgan fingerprint density at radius 3 is 2.81 bits per heavy atom. The smallest absolute Gasteiger partial charge is 0.305 e. The summed E-state index contributed by atoms with van der Waals surface area (Å²) in [7, 11) is 0. The first-order valence-corrected chi connectivity index (χ1v) is 5.68. The maximum absolute atomic E-state index is 11.5. The van der Waals surface area contributed by atoms with E-state index in [0.717, 1.165) is 18.5 Å². The molecule has 0 saturated heterocycles. The number of rotatable bonds is 4. The summed E-state index contributed by atoms with van der Waals surface area (Å²) < 4.78 is 1.39. The Labute approximate surface area is 93.1 Å². The third-order valence-corrected chi connectivity index (χ3v) is 3.15. The van der Waals surface area contributed by atoms with Gasteiger partial charge in [0, 0.05) is 17.7 Å². The lowest BCUT2D eigenvalue weighted by Gasteiger charge is -2.05. The molecule has 0 radical (unpaired) electrons. The van der Waals surface area contributed by atoms with Crippen molar-refractivity contribution in [2.24, 2.45) is 0 Å². The van der Waals surface area contributed by atoms with Crippen LogP contribution in [-0.4, -0.2) is 20.9 Å². The minimum Gasteiger partial charge on any atom is -0.481 e. The van der Waals surface area contributed by atoms with Crippen LogP contribution >= 0.6 is 0 Å². The van der Waals surface area contributed by atoms with Gasteiger partial charge in [-0.3, -0.25) is 19.4 Å². The van der Waals surface area contributed by atoms with Crippen molar-refractivity contribution in [2.45, 2.75) is 44.6 Å². The molecule has 0 amide bonds. The molecule has 2 rings (SSSR count). The molecule has 5 heteroatoms. The van der Waals surface area contributed by atoms with Gasteiger partial charge in [-0.2, -0.15) is 0 Å². The Bertz CT molecular complexity index is 427. The zero-order valence-electron chi connectivity index (χ0n) is 9.11. The minimum atomic E-state index is -0.885. The van der Waals surface area contributed by atoms with E-state index in [1.807, 2.05) is 0 Å². The van der Waals surface area contributed by atoms with Crippen LogP contribution in [0.3, 0.4) is 0 Å². The number of aromatic nitrogens is 2. The molecule has 1 aliphatic rings. The number of aliphatic carboxylic acids is 1. The fourth-order valence-electron chi connectivity index (χ4n) is 2.27. The molecular weight excluding hydrogens is 208 g/mol. The molecule has 0 bridgehead atoms. The van der Waals surface area contributed by atoms with Gasteiger partial charge in [-0.25, -0.2) is 0 Å². The van der Waals surface area contributed by atoms with E-state index in [1.165, 1.54) is 17.5 Å². The Morgan fingerprint density at radius 1 is 1.50 bits per heavy atom. The van der Waals surface area contributed by atoms with Crippen LogP contribution in [0, 0.1) is 0 Å². The highest BCUT2D eigenvalue weighted by Crippen LogP contribution is 2.32. The highest BCUT2D eigenvalue weighted by atomic mass is 16.4. The zero-order valence-corrected chi connectivity index (χ0v) is 9.11. The average molecular weight is 224 g/mol. The Morgan fingerprint density at radius 2 is 2.19 bits per heavy atom. The van der Waals surface area contributed by atoms with E-state index >= 15 is 0 Å². The molecule has 0 unspecified atom stereocenters. The lowest BCUT2D eigenvalue weighted by atomic mass is 10.1. The molecule has 0 atom stereocenters. The van der Waals surface area contributed by atoms with Gasteiger partial charge < -0.3 is 5.11 Å². The first-order chi connectivity index (χ1) is 7.66. The molecule has 2 N–H and O–H groups in total. The van der Waals surface area contributed by atoms with Gasteiger partial charge in [0.05, 0.1) is 13.0 Å². The highest BCUT2D eigenvalue weighted by Gasteiger charge is 2.19. The monoisotopic (exact) mass is 224 g/mol. The molecule has 16 heavy (non-hydrogen) atoms. The third kappa shape index (κ3) is 2.35. The molecular formula is C11H16N2O3. The fourth-order valence-corrected chi connectivity index (χ4v) is 2.27. The number of aryl methyl sites for hydroxylation is 1. The van der Waals surface area contributed by atoms with Crippen LogP contribution in [0.25, 0.3) is 0 Å². The largest absolute Gasteiger partial charge is 0.481 e. The standard InChI is InChI=1S/C11H16N2O3/c14-10-7-9(8-3-1-2-4-8)12-13(10)6-5-11(15)16/h7-8,12H,1-6H2,(H,15,16). The molecule has 0 aromatic carbocycles. The summed E-state index contributed by atoms with van der Waals surface area (Å²) >= 11 is 0. The lowest BCUT2D eigenvalue weighted by Crippen LogP contribution is -2.17. The molecule has 1 saturated carbocycles. The summed E-state index contributed by atoms with van der Waals surface area (Å²) in [5, 5.41) is 11.6. The zero-order chi connectivity index (χ0) is 11.5. The molecule has 0 aliphatic heterocycles. The molecule has 5 nitrogen and oxygen atoms in total. The number of hydrogen-bond donors (Lipinski definition) is 2. The van der Waals surface area contributed by atoms with Crippen LogP contribution in [0.5, 0.6) is 0 Å². The maximum Gasteiger partial charge on any atom is 0.305 e. The van der Waals surface area contributed by atoms with E-state index in [0.29, 0.717) is 5.92 Å².